The van der Waals surface area contributed by atoms with E-state index in [-0.39, 0.29) is 17.9 Å². The third-order valence-corrected chi connectivity index (χ3v) is 3.90. The molecule has 3 heterocycles. The molecular formula is C16H20N8O. The average Bonchev–Trinajstić information content (AvgIpc) is 3.19. The zero-order valence-corrected chi connectivity index (χ0v) is 14.1. The van der Waals surface area contributed by atoms with Gasteiger partial charge in [0.15, 0.2) is 5.82 Å². The van der Waals surface area contributed by atoms with Crippen molar-refractivity contribution in [2.75, 3.05) is 5.73 Å². The summed E-state index contributed by atoms with van der Waals surface area (Å²) in [6, 6.07) is 5.49. The first-order valence-electron chi connectivity index (χ1n) is 7.96. The highest BCUT2D eigenvalue weighted by Crippen LogP contribution is 2.19. The number of aromatic nitrogens is 6. The van der Waals surface area contributed by atoms with Crippen LogP contribution in [0.2, 0.25) is 0 Å². The van der Waals surface area contributed by atoms with Crippen LogP contribution >= 0.6 is 0 Å². The smallest absolute Gasteiger partial charge is 0.239 e. The van der Waals surface area contributed by atoms with Crippen molar-refractivity contribution in [3.05, 3.63) is 47.7 Å². The number of hydrogen-bond acceptors (Lipinski definition) is 6. The third-order valence-electron chi connectivity index (χ3n) is 3.90. The van der Waals surface area contributed by atoms with Crippen LogP contribution in [0.3, 0.4) is 0 Å². The predicted octanol–water partition coefficient (Wildman–Crippen LogP) is 1.09. The molecule has 0 aliphatic heterocycles. The van der Waals surface area contributed by atoms with E-state index in [0.717, 1.165) is 17.1 Å². The molecule has 25 heavy (non-hydrogen) atoms. The Labute approximate surface area is 144 Å². The Hall–Kier alpha value is -3.23. The van der Waals surface area contributed by atoms with Crippen molar-refractivity contribution < 1.29 is 4.79 Å². The highest BCUT2D eigenvalue weighted by molar-refractivity contribution is 5.76. The van der Waals surface area contributed by atoms with Gasteiger partial charge in [-0.2, -0.15) is 10.1 Å². The van der Waals surface area contributed by atoms with Crippen LogP contribution in [0.1, 0.15) is 36.5 Å². The molecule has 3 aromatic heterocycles. The maximum Gasteiger partial charge on any atom is 0.239 e. The minimum atomic E-state index is -0.162. The quantitative estimate of drug-likeness (QED) is 0.616. The highest BCUT2D eigenvalue weighted by atomic mass is 16.1. The molecule has 0 saturated heterocycles. The Morgan fingerprint density at radius 2 is 2.28 bits per heavy atom. The molecule has 9 heteroatoms. The summed E-state index contributed by atoms with van der Waals surface area (Å²) < 4.78 is 1.76. The SMILES string of the molecule is Cc1c(C(C)NC(=O)CCc2nc(N)n[nH]2)cnn1-c1ccccn1. The Morgan fingerprint density at radius 3 is 2.96 bits per heavy atom. The zero-order valence-electron chi connectivity index (χ0n) is 14.1. The van der Waals surface area contributed by atoms with E-state index in [1.54, 1.807) is 17.1 Å². The van der Waals surface area contributed by atoms with E-state index in [0.29, 0.717) is 18.7 Å². The summed E-state index contributed by atoms with van der Waals surface area (Å²) in [5.74, 6) is 1.45. The number of rotatable bonds is 6. The fourth-order valence-electron chi connectivity index (χ4n) is 2.60. The Kier molecular flexibility index (Phi) is 4.73. The van der Waals surface area contributed by atoms with Gasteiger partial charge in [0, 0.05) is 30.3 Å². The van der Waals surface area contributed by atoms with Crippen LogP contribution in [0, 0.1) is 6.92 Å². The van der Waals surface area contributed by atoms with Gasteiger partial charge in [-0.05, 0) is 26.0 Å². The van der Waals surface area contributed by atoms with Crippen LogP contribution < -0.4 is 11.1 Å². The van der Waals surface area contributed by atoms with E-state index in [2.05, 4.69) is 30.6 Å². The lowest BCUT2D eigenvalue weighted by Crippen LogP contribution is -2.27. The van der Waals surface area contributed by atoms with Gasteiger partial charge < -0.3 is 11.1 Å². The number of aryl methyl sites for hydroxylation is 1. The van der Waals surface area contributed by atoms with Crippen LogP contribution in [0.5, 0.6) is 0 Å². The Bertz CT molecular complexity index is 854. The van der Waals surface area contributed by atoms with Gasteiger partial charge in [-0.25, -0.2) is 9.67 Å². The van der Waals surface area contributed by atoms with Gasteiger partial charge in [0.1, 0.15) is 5.82 Å². The minimum Gasteiger partial charge on any atom is -0.367 e. The van der Waals surface area contributed by atoms with E-state index in [4.69, 9.17) is 5.73 Å². The Balaban J connectivity index is 1.62. The number of nitrogen functional groups attached to an aromatic ring is 1. The summed E-state index contributed by atoms with van der Waals surface area (Å²) in [7, 11) is 0. The van der Waals surface area contributed by atoms with Gasteiger partial charge in [0.05, 0.1) is 12.2 Å². The number of aromatic amines is 1. The van der Waals surface area contributed by atoms with Crippen molar-refractivity contribution in [1.82, 2.24) is 35.3 Å². The van der Waals surface area contributed by atoms with Crippen molar-refractivity contribution in [3.8, 4) is 5.82 Å². The lowest BCUT2D eigenvalue weighted by atomic mass is 10.1. The molecule has 0 spiro atoms. The number of H-pyrrole nitrogens is 1. The van der Waals surface area contributed by atoms with E-state index in [9.17, 15) is 4.79 Å². The summed E-state index contributed by atoms with van der Waals surface area (Å²) >= 11 is 0. The van der Waals surface area contributed by atoms with Crippen molar-refractivity contribution in [1.29, 1.82) is 0 Å². The van der Waals surface area contributed by atoms with Crippen LogP contribution in [-0.2, 0) is 11.2 Å². The lowest BCUT2D eigenvalue weighted by Gasteiger charge is -2.14. The lowest BCUT2D eigenvalue weighted by molar-refractivity contribution is -0.121. The number of nitrogens with two attached hydrogens (primary N) is 1. The van der Waals surface area contributed by atoms with Gasteiger partial charge in [-0.15, -0.1) is 5.10 Å². The number of carbonyl (C=O) groups excluding carboxylic acids is 1. The van der Waals surface area contributed by atoms with Crippen molar-refractivity contribution >= 4 is 11.9 Å². The zero-order chi connectivity index (χ0) is 17.8. The van der Waals surface area contributed by atoms with Crippen molar-refractivity contribution in [3.63, 3.8) is 0 Å². The van der Waals surface area contributed by atoms with Crippen molar-refractivity contribution in [2.24, 2.45) is 0 Å². The van der Waals surface area contributed by atoms with Crippen LogP contribution in [-0.4, -0.2) is 35.9 Å². The summed E-state index contributed by atoms with van der Waals surface area (Å²) in [5, 5.41) is 13.8. The van der Waals surface area contributed by atoms with E-state index >= 15 is 0 Å². The van der Waals surface area contributed by atoms with Crippen LogP contribution in [0.25, 0.3) is 5.82 Å². The molecule has 3 rings (SSSR count). The topological polar surface area (TPSA) is 127 Å². The summed E-state index contributed by atoms with van der Waals surface area (Å²) in [4.78, 5) is 20.4. The van der Waals surface area contributed by atoms with E-state index < -0.39 is 0 Å². The number of hydrogen-bond donors (Lipinski definition) is 3. The Morgan fingerprint density at radius 1 is 1.44 bits per heavy atom. The first-order chi connectivity index (χ1) is 12.0. The maximum absolute atomic E-state index is 12.2. The summed E-state index contributed by atoms with van der Waals surface area (Å²) in [6.45, 7) is 3.88. The standard InChI is InChI=1S/C16H20N8O/c1-10(20-15(25)7-6-13-21-16(17)23-22-13)12-9-19-24(11(12)2)14-5-3-4-8-18-14/h3-5,8-10H,6-7H2,1-2H3,(H,20,25)(H3,17,21,22,23). The molecule has 1 amide bonds. The highest BCUT2D eigenvalue weighted by Gasteiger charge is 2.17. The largest absolute Gasteiger partial charge is 0.367 e. The van der Waals surface area contributed by atoms with Gasteiger partial charge in [0.25, 0.3) is 0 Å². The number of nitrogens with zero attached hydrogens (tertiary/aromatic N) is 5. The normalized spacial score (nSPS) is 12.1. The number of carbonyl (C=O) groups is 1. The predicted molar refractivity (Wildman–Crippen MR) is 91.8 cm³/mol. The third kappa shape index (κ3) is 3.82. The summed E-state index contributed by atoms with van der Waals surface area (Å²) in [5.41, 5.74) is 7.33. The molecule has 130 valence electrons. The molecule has 0 bridgehead atoms. The molecule has 9 nitrogen and oxygen atoms in total. The molecule has 0 saturated carbocycles. The average molecular weight is 340 g/mol. The first-order valence-corrected chi connectivity index (χ1v) is 7.96. The molecule has 0 radical (unpaired) electrons. The minimum absolute atomic E-state index is 0.0764. The van der Waals surface area contributed by atoms with Crippen LogP contribution in [0.15, 0.2) is 30.6 Å². The molecule has 0 fully saturated rings. The molecule has 0 aliphatic rings. The fourth-order valence-corrected chi connectivity index (χ4v) is 2.60. The van der Waals surface area contributed by atoms with Gasteiger partial charge >= 0.3 is 0 Å². The number of amides is 1. The monoisotopic (exact) mass is 340 g/mol. The fraction of sp³-hybridized carbons (Fsp3) is 0.312. The van der Waals surface area contributed by atoms with Gasteiger partial charge in [-0.3, -0.25) is 9.89 Å². The second-order valence-electron chi connectivity index (χ2n) is 5.71. The van der Waals surface area contributed by atoms with Gasteiger partial charge in [0.2, 0.25) is 11.9 Å². The van der Waals surface area contributed by atoms with E-state index in [1.807, 2.05) is 32.0 Å². The molecule has 3 aromatic rings. The van der Waals surface area contributed by atoms with Crippen LogP contribution in [0.4, 0.5) is 5.95 Å². The molecule has 1 atom stereocenters. The number of nitrogens with one attached hydrogen (secondary N) is 2. The molecule has 1 unspecified atom stereocenters. The second kappa shape index (κ2) is 7.12. The summed E-state index contributed by atoms with van der Waals surface area (Å²) in [6.07, 6.45) is 4.23. The number of pyridine rings is 1. The molecular weight excluding hydrogens is 320 g/mol. The first kappa shape index (κ1) is 16.6. The second-order valence-corrected chi connectivity index (χ2v) is 5.71. The number of anilines is 1. The molecule has 0 aromatic carbocycles. The van der Waals surface area contributed by atoms with Crippen molar-refractivity contribution in [2.45, 2.75) is 32.7 Å². The van der Waals surface area contributed by atoms with Gasteiger partial charge in [-0.1, -0.05) is 6.07 Å². The molecule has 4 N–H and O–H groups in total. The molecule has 0 aliphatic carbocycles. The maximum atomic E-state index is 12.2. The van der Waals surface area contributed by atoms with E-state index in [1.165, 1.54) is 0 Å².